The lowest BCUT2D eigenvalue weighted by Crippen LogP contribution is -2.45. The van der Waals surface area contributed by atoms with Gasteiger partial charge in [-0.2, -0.15) is 0 Å². The highest BCUT2D eigenvalue weighted by atomic mass is 127. The SMILES string of the molecule is C=ICCC1(/C=C\NCC)CCN(C(=O)OC(C)(C)C)CC1. The third-order valence-corrected chi connectivity index (χ3v) is 5.20. The zero-order valence-electron chi connectivity index (χ0n) is 14.5. The Labute approximate surface area is 145 Å². The maximum atomic E-state index is 12.2. The number of rotatable bonds is 6. The fourth-order valence-corrected chi connectivity index (χ4v) is 4.03. The molecule has 0 aromatic carbocycles. The van der Waals surface area contributed by atoms with Crippen LogP contribution >= 0.6 is 20.7 Å². The monoisotopic (exact) mass is 422 g/mol. The molecule has 4 nitrogen and oxygen atoms in total. The molecule has 0 saturated carbocycles. The number of allylic oxidation sites excluding steroid dienone is 1. The number of nitrogens with one attached hydrogen (secondary N) is 1. The Morgan fingerprint density at radius 2 is 2.05 bits per heavy atom. The van der Waals surface area contributed by atoms with Crippen LogP contribution in [0, 0.1) is 5.41 Å². The van der Waals surface area contributed by atoms with Crippen LogP contribution in [0.15, 0.2) is 12.3 Å². The second-order valence-corrected chi connectivity index (χ2v) is 9.01. The number of ether oxygens (including phenoxy) is 1. The second-order valence-electron chi connectivity index (χ2n) is 6.85. The van der Waals surface area contributed by atoms with Gasteiger partial charge in [0.15, 0.2) is 0 Å². The van der Waals surface area contributed by atoms with Gasteiger partial charge in [-0.3, -0.25) is 0 Å². The number of nitrogens with zero attached hydrogens (tertiary/aromatic N) is 1. The molecule has 1 amide bonds. The van der Waals surface area contributed by atoms with Crippen molar-refractivity contribution >= 4 is 31.3 Å². The van der Waals surface area contributed by atoms with Crippen molar-refractivity contribution in [1.82, 2.24) is 10.2 Å². The van der Waals surface area contributed by atoms with Gasteiger partial charge in [-0.05, 0) is 63.0 Å². The van der Waals surface area contributed by atoms with Gasteiger partial charge in [0.05, 0.1) is 0 Å². The minimum Gasteiger partial charge on any atom is -0.444 e. The Morgan fingerprint density at radius 3 is 2.55 bits per heavy atom. The molecule has 0 radical (unpaired) electrons. The number of hydrogen-bond acceptors (Lipinski definition) is 3. The maximum absolute atomic E-state index is 12.2. The van der Waals surface area contributed by atoms with Crippen LogP contribution in [-0.4, -0.2) is 45.2 Å². The van der Waals surface area contributed by atoms with E-state index in [2.05, 4.69) is 29.0 Å². The van der Waals surface area contributed by atoms with Crippen molar-refractivity contribution in [3.63, 3.8) is 0 Å². The normalized spacial score (nSPS) is 18.5. The topological polar surface area (TPSA) is 41.6 Å². The van der Waals surface area contributed by atoms with Crippen molar-refractivity contribution in [2.75, 3.05) is 24.1 Å². The third kappa shape index (κ3) is 6.67. The number of likely N-dealkylation sites (tertiary alicyclic amines) is 1. The molecule has 1 fully saturated rings. The molecule has 0 spiro atoms. The molecule has 22 heavy (non-hydrogen) atoms. The molecule has 1 N–H and O–H groups in total. The first-order valence-electron chi connectivity index (χ1n) is 8.03. The second kappa shape index (κ2) is 8.89. The molecule has 1 aliphatic rings. The summed E-state index contributed by atoms with van der Waals surface area (Å²) in [6, 6.07) is 0. The molecular weight excluding hydrogens is 391 g/mol. The van der Waals surface area contributed by atoms with Gasteiger partial charge < -0.3 is 15.0 Å². The summed E-state index contributed by atoms with van der Waals surface area (Å²) in [5.74, 6) is 0. The van der Waals surface area contributed by atoms with Gasteiger partial charge in [-0.25, -0.2) is 4.79 Å². The van der Waals surface area contributed by atoms with Crippen LogP contribution < -0.4 is 5.32 Å². The molecule has 0 aromatic rings. The van der Waals surface area contributed by atoms with Crippen molar-refractivity contribution in [2.45, 2.75) is 52.6 Å². The minimum absolute atomic E-state index is 0.0757. The molecule has 0 unspecified atom stereocenters. The van der Waals surface area contributed by atoms with E-state index in [9.17, 15) is 4.79 Å². The smallest absolute Gasteiger partial charge is 0.410 e. The van der Waals surface area contributed by atoms with Crippen molar-refractivity contribution in [2.24, 2.45) is 5.41 Å². The zero-order chi connectivity index (χ0) is 16.6. The van der Waals surface area contributed by atoms with Crippen molar-refractivity contribution in [1.29, 1.82) is 0 Å². The van der Waals surface area contributed by atoms with E-state index in [0.29, 0.717) is 0 Å². The van der Waals surface area contributed by atoms with Crippen molar-refractivity contribution in [3.8, 4) is 0 Å². The predicted octanol–water partition coefficient (Wildman–Crippen LogP) is 3.92. The van der Waals surface area contributed by atoms with Gasteiger partial charge in [0, 0.05) is 19.6 Å². The lowest BCUT2D eigenvalue weighted by molar-refractivity contribution is 0.0141. The number of carbonyl (C=O) groups excluding carboxylic acids is 1. The van der Waals surface area contributed by atoms with Crippen LogP contribution in [0.25, 0.3) is 0 Å². The van der Waals surface area contributed by atoms with Crippen molar-refractivity contribution < 1.29 is 9.53 Å². The van der Waals surface area contributed by atoms with Gasteiger partial charge >= 0.3 is 6.09 Å². The first kappa shape index (κ1) is 19.5. The molecule has 1 rings (SSSR count). The zero-order valence-corrected chi connectivity index (χ0v) is 16.6. The molecule has 1 aliphatic heterocycles. The molecule has 0 aromatic heterocycles. The lowest BCUT2D eigenvalue weighted by atomic mass is 9.76. The summed E-state index contributed by atoms with van der Waals surface area (Å²) in [6.45, 7) is 10.3. The molecule has 5 heteroatoms. The van der Waals surface area contributed by atoms with E-state index in [1.165, 1.54) is 10.8 Å². The van der Waals surface area contributed by atoms with Crippen LogP contribution in [0.3, 0.4) is 0 Å². The number of amides is 1. The lowest BCUT2D eigenvalue weighted by Gasteiger charge is -2.40. The summed E-state index contributed by atoms with van der Waals surface area (Å²) in [7, 11) is 0. The van der Waals surface area contributed by atoms with Gasteiger partial charge in [0.1, 0.15) is 5.60 Å². The van der Waals surface area contributed by atoms with E-state index >= 15 is 0 Å². The standard InChI is InChI=1S/C17H31IN2O2/c1-6-19-12-8-17(7-11-18-5)9-13-20(14-10-17)15(21)22-16(2,3)4/h8,12,19H,5-7,9-11,13-14H2,1-4H3/b12-8-. The summed E-state index contributed by atoms with van der Waals surface area (Å²) >= 11 is 0.0757. The first-order chi connectivity index (χ1) is 10.3. The molecule has 128 valence electrons. The van der Waals surface area contributed by atoms with Crippen molar-refractivity contribution in [3.05, 3.63) is 12.3 Å². The molecule has 0 aliphatic carbocycles. The quantitative estimate of drug-likeness (QED) is 0.521. The Balaban J connectivity index is 2.63. The van der Waals surface area contributed by atoms with Crippen LogP contribution in [0.1, 0.15) is 47.0 Å². The highest BCUT2D eigenvalue weighted by Gasteiger charge is 2.34. The molecular formula is C17H31IN2O2. The van der Waals surface area contributed by atoms with Gasteiger partial charge in [-0.15, -0.1) is 20.7 Å². The number of alkyl halides is 1. The predicted molar refractivity (Wildman–Crippen MR) is 103 cm³/mol. The fraction of sp³-hybridized carbons (Fsp3) is 0.765. The first-order valence-corrected chi connectivity index (χ1v) is 11.1. The molecule has 0 atom stereocenters. The summed E-state index contributed by atoms with van der Waals surface area (Å²) in [4.78, 5) is 14.0. The molecule has 1 heterocycles. The average molecular weight is 422 g/mol. The fourth-order valence-electron chi connectivity index (χ4n) is 2.57. The highest BCUT2D eigenvalue weighted by molar-refractivity contribution is 14.2. The number of carbonyl (C=O) groups is 1. The van der Waals surface area contributed by atoms with Crippen LogP contribution in [0.2, 0.25) is 0 Å². The summed E-state index contributed by atoms with van der Waals surface area (Å²) in [5, 5.41) is 3.27. The Hall–Kier alpha value is -0.590. The number of halogens is 1. The highest BCUT2D eigenvalue weighted by Crippen LogP contribution is 2.37. The Morgan fingerprint density at radius 1 is 1.41 bits per heavy atom. The number of hydrogen-bond donors (Lipinski definition) is 1. The van der Waals surface area contributed by atoms with Gasteiger partial charge in [-0.1, -0.05) is 10.6 Å². The summed E-state index contributed by atoms with van der Waals surface area (Å²) in [5.41, 5.74) is -0.201. The third-order valence-electron chi connectivity index (χ3n) is 3.90. The Bertz CT molecular complexity index is 394. The summed E-state index contributed by atoms with van der Waals surface area (Å²) in [6.07, 6.45) is 7.44. The van der Waals surface area contributed by atoms with Crippen LogP contribution in [-0.2, 0) is 4.74 Å². The largest absolute Gasteiger partial charge is 0.444 e. The van der Waals surface area contributed by atoms with E-state index in [1.807, 2.05) is 25.7 Å². The van der Waals surface area contributed by atoms with Gasteiger partial charge in [0.25, 0.3) is 0 Å². The van der Waals surface area contributed by atoms with Gasteiger partial charge in [0.2, 0.25) is 0 Å². The van der Waals surface area contributed by atoms with Crippen LogP contribution in [0.5, 0.6) is 0 Å². The minimum atomic E-state index is -0.422. The van der Waals surface area contributed by atoms with E-state index in [-0.39, 0.29) is 32.2 Å². The maximum Gasteiger partial charge on any atom is 0.410 e. The summed E-state index contributed by atoms with van der Waals surface area (Å²) < 4.78 is 10.8. The Kier molecular flexibility index (Phi) is 7.86. The van der Waals surface area contributed by atoms with E-state index in [0.717, 1.165) is 32.5 Å². The average Bonchev–Trinajstić information content (AvgIpc) is 2.44. The van der Waals surface area contributed by atoms with E-state index in [4.69, 9.17) is 4.74 Å². The van der Waals surface area contributed by atoms with E-state index in [1.54, 1.807) is 0 Å². The number of piperidine rings is 1. The van der Waals surface area contributed by atoms with E-state index < -0.39 is 5.60 Å². The molecule has 0 bridgehead atoms. The van der Waals surface area contributed by atoms with Crippen LogP contribution in [0.4, 0.5) is 4.79 Å². The molecule has 1 saturated heterocycles.